The fraction of sp³-hybridized carbons (Fsp3) is 0.188. The number of nitrogens with one attached hydrogen (secondary N) is 1. The van der Waals surface area contributed by atoms with Crippen molar-refractivity contribution >= 4 is 17.8 Å². The van der Waals surface area contributed by atoms with Crippen LogP contribution in [0, 0.1) is 17.0 Å². The van der Waals surface area contributed by atoms with Crippen molar-refractivity contribution in [2.24, 2.45) is 5.10 Å². The number of nitrogens with zero attached hydrogens (tertiary/aromatic N) is 3. The lowest BCUT2D eigenvalue weighted by molar-refractivity contribution is -0.385. The lowest BCUT2D eigenvalue weighted by Crippen LogP contribution is -2.17. The molecule has 0 aliphatic rings. The molecule has 25 heavy (non-hydrogen) atoms. The summed E-state index contributed by atoms with van der Waals surface area (Å²) < 4.78 is 5.16. The third-order valence-electron chi connectivity index (χ3n) is 3.14. The average molecular weight is 344 g/mol. The molecule has 1 heterocycles. The summed E-state index contributed by atoms with van der Waals surface area (Å²) in [5.41, 5.74) is 3.11. The lowest BCUT2D eigenvalue weighted by Gasteiger charge is -2.07. The number of rotatable bonds is 6. The fourth-order valence-corrected chi connectivity index (χ4v) is 1.91. The number of carbonyl (C=O) groups is 1. The summed E-state index contributed by atoms with van der Waals surface area (Å²) in [5.74, 6) is -0.839. The number of non-ortho nitro benzene ring substituents is 1. The number of aryl methyl sites for hydroxylation is 1. The lowest BCUT2D eigenvalue weighted by atomic mass is 10.1. The van der Waals surface area contributed by atoms with Gasteiger partial charge in [-0.1, -0.05) is 0 Å². The smallest absolute Gasteiger partial charge is 0.274 e. The molecule has 0 bridgehead atoms. The van der Waals surface area contributed by atoms with Crippen LogP contribution in [-0.2, 0) is 0 Å². The van der Waals surface area contributed by atoms with Crippen LogP contribution in [0.1, 0.15) is 28.5 Å². The molecule has 2 N–H and O–H groups in total. The Kier molecular flexibility index (Phi) is 5.62. The van der Waals surface area contributed by atoms with Crippen LogP contribution < -0.4 is 10.2 Å². The first-order valence-electron chi connectivity index (χ1n) is 7.32. The van der Waals surface area contributed by atoms with Gasteiger partial charge in [-0.2, -0.15) is 5.10 Å². The zero-order chi connectivity index (χ0) is 18.4. The summed E-state index contributed by atoms with van der Waals surface area (Å²) in [4.78, 5) is 26.3. The number of pyridine rings is 1. The molecule has 2 rings (SSSR count). The van der Waals surface area contributed by atoms with Crippen molar-refractivity contribution in [1.82, 2.24) is 10.4 Å². The molecular weight excluding hydrogens is 328 g/mol. The van der Waals surface area contributed by atoms with Gasteiger partial charge in [-0.3, -0.25) is 19.9 Å². The molecule has 0 radical (unpaired) electrons. The van der Waals surface area contributed by atoms with E-state index in [-0.39, 0.29) is 29.4 Å². The molecule has 0 aliphatic carbocycles. The van der Waals surface area contributed by atoms with Gasteiger partial charge in [0.1, 0.15) is 0 Å². The van der Waals surface area contributed by atoms with Crippen LogP contribution in [0.5, 0.6) is 11.5 Å². The summed E-state index contributed by atoms with van der Waals surface area (Å²) in [6.07, 6.45) is 2.50. The summed E-state index contributed by atoms with van der Waals surface area (Å²) in [5, 5.41) is 24.8. The van der Waals surface area contributed by atoms with Gasteiger partial charge in [0, 0.05) is 23.5 Å². The predicted octanol–water partition coefficient (Wildman–Crippen LogP) is 2.17. The Hall–Kier alpha value is -3.49. The molecular formula is C16H16N4O5. The van der Waals surface area contributed by atoms with Crippen molar-refractivity contribution in [3.05, 3.63) is 57.4 Å². The number of amides is 1. The third kappa shape index (κ3) is 4.50. The summed E-state index contributed by atoms with van der Waals surface area (Å²) >= 11 is 0. The highest BCUT2D eigenvalue weighted by atomic mass is 16.6. The standard InChI is InChI=1S/C16H16N4O5/c1-3-25-14-7-13(20(23)24)6-12(15(14)21)9-18-19-16(22)11-5-4-10(2)17-8-11/h4-9,21H,3H2,1-2H3,(H,19,22)/b18-9-. The monoisotopic (exact) mass is 344 g/mol. The van der Waals surface area contributed by atoms with E-state index in [1.807, 2.05) is 0 Å². The normalized spacial score (nSPS) is 10.6. The van der Waals surface area contributed by atoms with E-state index in [1.165, 1.54) is 6.20 Å². The van der Waals surface area contributed by atoms with E-state index in [0.717, 1.165) is 24.0 Å². The second-order valence-corrected chi connectivity index (χ2v) is 4.96. The molecule has 0 aliphatic heterocycles. The predicted molar refractivity (Wildman–Crippen MR) is 90.0 cm³/mol. The number of ether oxygens (including phenoxy) is 1. The van der Waals surface area contributed by atoms with Crippen molar-refractivity contribution in [1.29, 1.82) is 0 Å². The fourth-order valence-electron chi connectivity index (χ4n) is 1.91. The minimum absolute atomic E-state index is 0.0350. The van der Waals surface area contributed by atoms with Crippen molar-refractivity contribution in [2.45, 2.75) is 13.8 Å². The maximum atomic E-state index is 11.9. The first kappa shape index (κ1) is 17.9. The second kappa shape index (κ2) is 7.86. The van der Waals surface area contributed by atoms with E-state index < -0.39 is 10.8 Å². The highest BCUT2D eigenvalue weighted by Crippen LogP contribution is 2.33. The Morgan fingerprint density at radius 1 is 1.48 bits per heavy atom. The number of phenols is 1. The van der Waals surface area contributed by atoms with E-state index in [9.17, 15) is 20.0 Å². The van der Waals surface area contributed by atoms with Crippen LogP contribution in [0.3, 0.4) is 0 Å². The van der Waals surface area contributed by atoms with E-state index in [4.69, 9.17) is 4.74 Å². The maximum absolute atomic E-state index is 11.9. The summed E-state index contributed by atoms with van der Waals surface area (Å²) in [6, 6.07) is 5.51. The number of hydrogen-bond acceptors (Lipinski definition) is 7. The summed E-state index contributed by atoms with van der Waals surface area (Å²) in [6.45, 7) is 3.70. The van der Waals surface area contributed by atoms with Gasteiger partial charge in [0.2, 0.25) is 0 Å². The average Bonchev–Trinajstić information content (AvgIpc) is 2.58. The molecule has 0 atom stereocenters. The van der Waals surface area contributed by atoms with E-state index in [1.54, 1.807) is 26.0 Å². The number of nitro benzene ring substituents is 1. The highest BCUT2D eigenvalue weighted by molar-refractivity contribution is 5.95. The zero-order valence-corrected chi connectivity index (χ0v) is 13.6. The number of benzene rings is 1. The number of aromatic hydroxyl groups is 1. The topological polar surface area (TPSA) is 127 Å². The Bertz CT molecular complexity index is 818. The van der Waals surface area contributed by atoms with Crippen LogP contribution in [-0.4, -0.2) is 33.7 Å². The molecule has 9 nitrogen and oxygen atoms in total. The van der Waals surface area contributed by atoms with Gasteiger partial charge in [0.15, 0.2) is 11.5 Å². The molecule has 0 spiro atoms. The molecule has 1 aromatic carbocycles. The highest BCUT2D eigenvalue weighted by Gasteiger charge is 2.16. The molecule has 0 fully saturated rings. The number of nitro groups is 1. The minimum atomic E-state index is -0.615. The quantitative estimate of drug-likeness (QED) is 0.470. The Morgan fingerprint density at radius 2 is 2.24 bits per heavy atom. The minimum Gasteiger partial charge on any atom is -0.504 e. The number of hydrazone groups is 1. The number of aromatic nitrogens is 1. The van der Waals surface area contributed by atoms with Gasteiger partial charge in [-0.25, -0.2) is 5.43 Å². The third-order valence-corrected chi connectivity index (χ3v) is 3.14. The number of phenolic OH excluding ortho intramolecular Hbond substituents is 1. The second-order valence-electron chi connectivity index (χ2n) is 4.96. The SMILES string of the molecule is CCOc1cc([N+](=O)[O-])cc(/C=N\NC(=O)c2ccc(C)nc2)c1O. The van der Waals surface area contributed by atoms with Crippen molar-refractivity contribution in [3.63, 3.8) is 0 Å². The molecule has 2 aromatic rings. The molecule has 1 amide bonds. The van der Waals surface area contributed by atoms with Crippen molar-refractivity contribution in [2.75, 3.05) is 6.61 Å². The maximum Gasteiger partial charge on any atom is 0.274 e. The number of hydrogen-bond donors (Lipinski definition) is 2. The Labute approximate surface area is 143 Å². The van der Waals surface area contributed by atoms with Gasteiger partial charge in [-0.05, 0) is 26.0 Å². The Balaban J connectivity index is 2.20. The van der Waals surface area contributed by atoms with Crippen molar-refractivity contribution < 1.29 is 19.6 Å². The van der Waals surface area contributed by atoms with Gasteiger partial charge >= 0.3 is 0 Å². The van der Waals surface area contributed by atoms with Crippen LogP contribution in [0.2, 0.25) is 0 Å². The van der Waals surface area contributed by atoms with Gasteiger partial charge in [-0.15, -0.1) is 0 Å². The largest absolute Gasteiger partial charge is 0.504 e. The van der Waals surface area contributed by atoms with Crippen LogP contribution >= 0.6 is 0 Å². The molecule has 0 saturated heterocycles. The zero-order valence-electron chi connectivity index (χ0n) is 13.6. The summed E-state index contributed by atoms with van der Waals surface area (Å²) in [7, 11) is 0. The number of carbonyl (C=O) groups excluding carboxylic acids is 1. The molecule has 0 saturated carbocycles. The molecule has 130 valence electrons. The van der Waals surface area contributed by atoms with Crippen LogP contribution in [0.25, 0.3) is 0 Å². The van der Waals surface area contributed by atoms with Crippen LogP contribution in [0.15, 0.2) is 35.6 Å². The van der Waals surface area contributed by atoms with Crippen molar-refractivity contribution in [3.8, 4) is 11.5 Å². The Morgan fingerprint density at radius 3 is 2.84 bits per heavy atom. The molecule has 9 heteroatoms. The van der Waals surface area contributed by atoms with E-state index >= 15 is 0 Å². The van der Waals surface area contributed by atoms with Gasteiger partial charge in [0.05, 0.1) is 29.4 Å². The van der Waals surface area contributed by atoms with Crippen LogP contribution in [0.4, 0.5) is 5.69 Å². The first-order chi connectivity index (χ1) is 11.9. The first-order valence-corrected chi connectivity index (χ1v) is 7.32. The molecule has 1 aromatic heterocycles. The van der Waals surface area contributed by atoms with E-state index in [0.29, 0.717) is 5.56 Å². The van der Waals surface area contributed by atoms with Gasteiger partial charge in [0.25, 0.3) is 11.6 Å². The van der Waals surface area contributed by atoms with E-state index in [2.05, 4.69) is 15.5 Å². The van der Waals surface area contributed by atoms with Gasteiger partial charge < -0.3 is 9.84 Å². The molecule has 0 unspecified atom stereocenters.